The topological polar surface area (TPSA) is 73.6 Å². The molecule has 1 saturated carbocycles. The number of carbonyl (C=O) groups excluding carboxylic acids is 1. The molecule has 1 aliphatic carbocycles. The number of hydrogen-bond acceptors (Lipinski definition) is 5. The molecule has 1 aliphatic rings. The lowest BCUT2D eigenvalue weighted by Gasteiger charge is -2.17. The lowest BCUT2D eigenvalue weighted by molar-refractivity contribution is 0.0925. The summed E-state index contributed by atoms with van der Waals surface area (Å²) in [4.78, 5) is 16.7. The molecule has 1 heterocycles. The van der Waals surface area contributed by atoms with Crippen molar-refractivity contribution in [2.75, 3.05) is 7.11 Å². The van der Waals surface area contributed by atoms with Gasteiger partial charge in [0.05, 0.1) is 12.6 Å². The largest absolute Gasteiger partial charge is 0.497 e. The Labute approximate surface area is 161 Å². The molecule has 6 nitrogen and oxygen atoms in total. The predicted molar refractivity (Wildman–Crippen MR) is 98.6 cm³/mol. The van der Waals surface area contributed by atoms with Crippen LogP contribution in [-0.4, -0.2) is 18.0 Å². The van der Waals surface area contributed by atoms with Gasteiger partial charge in [-0.2, -0.15) is 0 Å². The first-order chi connectivity index (χ1) is 13.6. The summed E-state index contributed by atoms with van der Waals surface area (Å²) in [6.07, 6.45) is 2.91. The van der Waals surface area contributed by atoms with Crippen molar-refractivity contribution in [3.8, 4) is 11.5 Å². The van der Waals surface area contributed by atoms with Crippen LogP contribution in [0.1, 0.15) is 34.8 Å². The first-order valence-corrected chi connectivity index (χ1v) is 8.88. The minimum absolute atomic E-state index is 0.0999. The van der Waals surface area contributed by atoms with Gasteiger partial charge in [0.2, 0.25) is 5.89 Å². The molecule has 7 heteroatoms. The maximum Gasteiger partial charge on any atom is 0.273 e. The molecule has 0 aliphatic heterocycles. The number of halogens is 1. The van der Waals surface area contributed by atoms with E-state index in [-0.39, 0.29) is 24.0 Å². The summed E-state index contributed by atoms with van der Waals surface area (Å²) < 4.78 is 29.2. The van der Waals surface area contributed by atoms with E-state index in [0.717, 1.165) is 24.2 Å². The Morgan fingerprint density at radius 1 is 1.14 bits per heavy atom. The highest BCUT2D eigenvalue weighted by atomic mass is 19.1. The number of aromatic nitrogens is 1. The van der Waals surface area contributed by atoms with E-state index < -0.39 is 5.54 Å². The minimum Gasteiger partial charge on any atom is -0.497 e. The predicted octanol–water partition coefficient (Wildman–Crippen LogP) is 3.82. The third-order valence-corrected chi connectivity index (χ3v) is 4.71. The van der Waals surface area contributed by atoms with Crippen LogP contribution in [-0.2, 0) is 12.1 Å². The Kier molecular flexibility index (Phi) is 4.73. The molecule has 0 radical (unpaired) electrons. The quantitative estimate of drug-likeness (QED) is 0.672. The van der Waals surface area contributed by atoms with Gasteiger partial charge in [-0.25, -0.2) is 9.37 Å². The Hall–Kier alpha value is -3.35. The number of benzene rings is 2. The summed E-state index contributed by atoms with van der Waals surface area (Å²) >= 11 is 0. The summed E-state index contributed by atoms with van der Waals surface area (Å²) in [6.45, 7) is 0.0999. The Bertz CT molecular complexity index is 963. The average Bonchev–Trinajstić information content (AvgIpc) is 3.33. The first kappa shape index (κ1) is 18.0. The van der Waals surface area contributed by atoms with Gasteiger partial charge in [0.1, 0.15) is 23.6 Å². The van der Waals surface area contributed by atoms with E-state index in [1.54, 1.807) is 43.5 Å². The zero-order chi connectivity index (χ0) is 19.6. The maximum absolute atomic E-state index is 13.1. The Morgan fingerprint density at radius 2 is 1.82 bits per heavy atom. The number of rotatable bonds is 7. The number of methoxy groups -OCH3 is 1. The molecule has 4 rings (SSSR count). The van der Waals surface area contributed by atoms with E-state index >= 15 is 0 Å². The normalized spacial score (nSPS) is 14.4. The van der Waals surface area contributed by atoms with Crippen LogP contribution < -0.4 is 14.8 Å². The van der Waals surface area contributed by atoms with Gasteiger partial charge in [-0.1, -0.05) is 12.1 Å². The van der Waals surface area contributed by atoms with Crippen molar-refractivity contribution < 1.29 is 23.1 Å². The van der Waals surface area contributed by atoms with Gasteiger partial charge < -0.3 is 19.2 Å². The fraction of sp³-hybridized carbons (Fsp3) is 0.238. The van der Waals surface area contributed by atoms with Gasteiger partial charge in [-0.05, 0) is 54.8 Å². The van der Waals surface area contributed by atoms with E-state index in [2.05, 4.69) is 10.3 Å². The average molecular weight is 382 g/mol. The highest BCUT2D eigenvalue weighted by Gasteiger charge is 2.46. The minimum atomic E-state index is -0.455. The van der Waals surface area contributed by atoms with Crippen molar-refractivity contribution in [2.24, 2.45) is 0 Å². The number of hydrogen-bond donors (Lipinski definition) is 1. The van der Waals surface area contributed by atoms with Crippen LogP contribution in [0.3, 0.4) is 0 Å². The Balaban J connectivity index is 1.37. The molecule has 0 unspecified atom stereocenters. The summed E-state index contributed by atoms with van der Waals surface area (Å²) in [5.41, 5.74) is 0.610. The third-order valence-electron chi connectivity index (χ3n) is 4.71. The fourth-order valence-corrected chi connectivity index (χ4v) is 2.96. The van der Waals surface area contributed by atoms with Crippen molar-refractivity contribution in [2.45, 2.75) is 25.0 Å². The number of oxazole rings is 1. The van der Waals surface area contributed by atoms with Crippen molar-refractivity contribution in [3.05, 3.63) is 77.8 Å². The molecule has 1 aromatic heterocycles. The first-order valence-electron chi connectivity index (χ1n) is 8.88. The maximum atomic E-state index is 13.1. The number of nitrogens with one attached hydrogen (secondary N) is 1. The zero-order valence-electron chi connectivity index (χ0n) is 15.3. The van der Waals surface area contributed by atoms with Crippen LogP contribution in [0, 0.1) is 5.82 Å². The molecule has 0 saturated heterocycles. The van der Waals surface area contributed by atoms with Gasteiger partial charge in [0.15, 0.2) is 12.3 Å². The molecule has 1 amide bonds. The second kappa shape index (κ2) is 7.34. The zero-order valence-corrected chi connectivity index (χ0v) is 15.3. The van der Waals surface area contributed by atoms with Crippen LogP contribution in [0.5, 0.6) is 11.5 Å². The summed E-state index contributed by atoms with van der Waals surface area (Å²) in [7, 11) is 1.59. The molecule has 2 aromatic carbocycles. The highest BCUT2D eigenvalue weighted by molar-refractivity contribution is 5.92. The van der Waals surface area contributed by atoms with Crippen LogP contribution in [0.4, 0.5) is 4.39 Å². The Morgan fingerprint density at radius 3 is 2.46 bits per heavy atom. The fourth-order valence-electron chi connectivity index (χ4n) is 2.96. The molecule has 0 spiro atoms. The number of amides is 1. The number of carbonyl (C=O) groups is 1. The molecule has 1 fully saturated rings. The van der Waals surface area contributed by atoms with Crippen molar-refractivity contribution in [1.82, 2.24) is 10.3 Å². The smallest absolute Gasteiger partial charge is 0.273 e. The molecule has 3 aromatic rings. The standard InChI is InChI=1S/C21H19FN2O4/c1-26-16-6-8-17(9-7-16)27-13-19-23-18(12-28-19)20(25)24-21(10-11-21)14-2-4-15(22)5-3-14/h2-9,12H,10-11,13H2,1H3,(H,24,25). The molecule has 0 atom stereocenters. The third kappa shape index (κ3) is 3.83. The number of nitrogens with zero attached hydrogens (tertiary/aromatic N) is 1. The van der Waals surface area contributed by atoms with Crippen LogP contribution in [0.2, 0.25) is 0 Å². The monoisotopic (exact) mass is 382 g/mol. The van der Waals surface area contributed by atoms with E-state index in [9.17, 15) is 9.18 Å². The van der Waals surface area contributed by atoms with Gasteiger partial charge in [-0.15, -0.1) is 0 Å². The van der Waals surface area contributed by atoms with Crippen LogP contribution in [0.15, 0.2) is 59.2 Å². The summed E-state index contributed by atoms with van der Waals surface area (Å²) in [5, 5.41) is 2.98. The van der Waals surface area contributed by atoms with E-state index in [1.807, 2.05) is 0 Å². The van der Waals surface area contributed by atoms with Crippen LogP contribution in [0.25, 0.3) is 0 Å². The molecular formula is C21H19FN2O4. The molecular weight excluding hydrogens is 363 g/mol. The number of ether oxygens (including phenoxy) is 2. The summed E-state index contributed by atoms with van der Waals surface area (Å²) in [5.74, 6) is 1.04. The summed E-state index contributed by atoms with van der Waals surface area (Å²) in [6, 6.07) is 13.3. The lowest BCUT2D eigenvalue weighted by Crippen LogP contribution is -2.35. The highest BCUT2D eigenvalue weighted by Crippen LogP contribution is 2.45. The second-order valence-electron chi connectivity index (χ2n) is 6.63. The molecule has 28 heavy (non-hydrogen) atoms. The van der Waals surface area contributed by atoms with E-state index in [1.165, 1.54) is 18.4 Å². The van der Waals surface area contributed by atoms with Crippen LogP contribution >= 0.6 is 0 Å². The molecule has 144 valence electrons. The van der Waals surface area contributed by atoms with Crippen molar-refractivity contribution >= 4 is 5.91 Å². The van der Waals surface area contributed by atoms with Gasteiger partial charge in [0, 0.05) is 0 Å². The lowest BCUT2D eigenvalue weighted by atomic mass is 10.0. The second-order valence-corrected chi connectivity index (χ2v) is 6.63. The molecule has 1 N–H and O–H groups in total. The van der Waals surface area contributed by atoms with Crippen molar-refractivity contribution in [3.63, 3.8) is 0 Å². The van der Waals surface area contributed by atoms with Gasteiger partial charge in [0.25, 0.3) is 5.91 Å². The van der Waals surface area contributed by atoms with E-state index in [0.29, 0.717) is 11.6 Å². The SMILES string of the molecule is COc1ccc(OCc2nc(C(=O)NC3(c4ccc(F)cc4)CC3)co2)cc1. The van der Waals surface area contributed by atoms with Crippen molar-refractivity contribution in [1.29, 1.82) is 0 Å². The van der Waals surface area contributed by atoms with E-state index in [4.69, 9.17) is 13.9 Å². The van der Waals surface area contributed by atoms with Gasteiger partial charge >= 0.3 is 0 Å². The van der Waals surface area contributed by atoms with Gasteiger partial charge in [-0.3, -0.25) is 4.79 Å². The molecule has 0 bridgehead atoms.